The molecule has 1 heterocycles. The Morgan fingerprint density at radius 3 is 2.42 bits per heavy atom. The van der Waals surface area contributed by atoms with Gasteiger partial charge in [0, 0.05) is 24.7 Å². The van der Waals surface area contributed by atoms with E-state index in [2.05, 4.69) is 43.3 Å². The van der Waals surface area contributed by atoms with Gasteiger partial charge in [-0.2, -0.15) is 11.8 Å². The number of aliphatic hydroxyl groups excluding tert-OH is 1. The normalized spacial score (nSPS) is 17.0. The number of unbranched alkanes of at least 4 members (excludes halogenated alkanes) is 2. The molecule has 0 spiro atoms. The van der Waals surface area contributed by atoms with Gasteiger partial charge < -0.3 is 24.1 Å². The number of rotatable bonds is 19. The maximum absolute atomic E-state index is 10.1. The number of aryl methyl sites for hydroxylation is 2. The third kappa shape index (κ3) is 11.9. The Bertz CT molecular complexity index is 839. The van der Waals surface area contributed by atoms with Crippen molar-refractivity contribution in [1.29, 1.82) is 0 Å². The first-order valence-corrected chi connectivity index (χ1v) is 15.1. The molecule has 3 rings (SSSR count). The van der Waals surface area contributed by atoms with E-state index in [9.17, 15) is 5.11 Å². The summed E-state index contributed by atoms with van der Waals surface area (Å²) in [4.78, 5) is 0. The molecule has 0 amide bonds. The van der Waals surface area contributed by atoms with E-state index in [-0.39, 0.29) is 6.29 Å². The Labute approximate surface area is 222 Å². The zero-order valence-corrected chi connectivity index (χ0v) is 22.9. The molecule has 0 radical (unpaired) electrons. The molecule has 2 atom stereocenters. The van der Waals surface area contributed by atoms with Gasteiger partial charge in [-0.05, 0) is 66.8 Å². The van der Waals surface area contributed by atoms with E-state index in [1.165, 1.54) is 54.0 Å². The second-order valence-electron chi connectivity index (χ2n) is 9.66. The Hall–Kier alpha value is -1.15. The average Bonchev–Trinajstić information content (AvgIpc) is 2.90. The van der Waals surface area contributed by atoms with Gasteiger partial charge in [0.15, 0.2) is 6.29 Å². The van der Waals surface area contributed by atoms with E-state index in [1.807, 2.05) is 0 Å². The van der Waals surface area contributed by atoms with Crippen LogP contribution < -0.4 is 0 Å². The van der Waals surface area contributed by atoms with Crippen LogP contribution in [0.4, 0.5) is 0 Å². The molecule has 0 aromatic heterocycles. The summed E-state index contributed by atoms with van der Waals surface area (Å²) in [7, 11) is 0. The van der Waals surface area contributed by atoms with Gasteiger partial charge in [-0.25, -0.2) is 0 Å². The van der Waals surface area contributed by atoms with Gasteiger partial charge in [0.25, 0.3) is 0 Å². The molecule has 1 aliphatic rings. The molecule has 0 aliphatic carbocycles. The van der Waals surface area contributed by atoms with Crippen LogP contribution in [0.1, 0.15) is 63.0 Å². The molecule has 2 unspecified atom stereocenters. The van der Waals surface area contributed by atoms with Crippen molar-refractivity contribution in [3.63, 3.8) is 0 Å². The zero-order valence-electron chi connectivity index (χ0n) is 22.1. The van der Waals surface area contributed by atoms with Crippen molar-refractivity contribution in [2.24, 2.45) is 0 Å². The standard InChI is InChI=1S/C30H46O5S/c1-2-3-4-8-25-11-13-28-22-26(12-14-27(28)21-25)9-7-15-33-23-29(31)24-36-20-19-32-17-18-35-30-10-5-6-16-34-30/h11-14,21-22,29-31H,2-10,15-20,23-24H2,1H3. The van der Waals surface area contributed by atoms with Crippen molar-refractivity contribution < 1.29 is 24.1 Å². The van der Waals surface area contributed by atoms with Crippen LogP contribution in [-0.4, -0.2) is 68.6 Å². The second-order valence-corrected chi connectivity index (χ2v) is 10.8. The largest absolute Gasteiger partial charge is 0.390 e. The van der Waals surface area contributed by atoms with Crippen LogP contribution in [0.2, 0.25) is 0 Å². The van der Waals surface area contributed by atoms with Gasteiger partial charge in [-0.3, -0.25) is 0 Å². The molecule has 1 saturated heterocycles. The van der Waals surface area contributed by atoms with E-state index in [0.29, 0.717) is 38.8 Å². The third-order valence-corrected chi connectivity index (χ3v) is 7.53. The fourth-order valence-electron chi connectivity index (χ4n) is 4.40. The fourth-order valence-corrected chi connectivity index (χ4v) is 5.17. The summed E-state index contributed by atoms with van der Waals surface area (Å²) in [5.41, 5.74) is 2.79. The summed E-state index contributed by atoms with van der Waals surface area (Å²) in [5.74, 6) is 1.53. The summed E-state index contributed by atoms with van der Waals surface area (Å²) < 4.78 is 22.5. The van der Waals surface area contributed by atoms with Crippen molar-refractivity contribution in [3.8, 4) is 0 Å². The lowest BCUT2D eigenvalue weighted by Gasteiger charge is -2.22. The molecule has 1 N–H and O–H groups in total. The summed E-state index contributed by atoms with van der Waals surface area (Å²) in [5, 5.41) is 12.8. The van der Waals surface area contributed by atoms with Gasteiger partial charge in [0.05, 0.1) is 32.5 Å². The lowest BCUT2D eigenvalue weighted by Crippen LogP contribution is -2.24. The van der Waals surface area contributed by atoms with Gasteiger partial charge in [-0.1, -0.05) is 56.2 Å². The minimum atomic E-state index is -0.436. The van der Waals surface area contributed by atoms with Gasteiger partial charge >= 0.3 is 0 Å². The first-order chi connectivity index (χ1) is 17.7. The maximum atomic E-state index is 10.1. The topological polar surface area (TPSA) is 57.2 Å². The molecule has 1 aliphatic heterocycles. The molecule has 2 aromatic rings. The molecule has 36 heavy (non-hydrogen) atoms. The Morgan fingerprint density at radius 1 is 0.917 bits per heavy atom. The van der Waals surface area contributed by atoms with Crippen LogP contribution >= 0.6 is 11.8 Å². The highest BCUT2D eigenvalue weighted by atomic mass is 32.2. The molecular formula is C30H46O5S. The monoisotopic (exact) mass is 518 g/mol. The number of hydrogen-bond donors (Lipinski definition) is 1. The molecule has 5 nitrogen and oxygen atoms in total. The highest BCUT2D eigenvalue weighted by Crippen LogP contribution is 2.20. The van der Waals surface area contributed by atoms with Crippen LogP contribution in [0.15, 0.2) is 36.4 Å². The minimum Gasteiger partial charge on any atom is -0.390 e. The third-order valence-electron chi connectivity index (χ3n) is 6.45. The molecule has 0 saturated carbocycles. The highest BCUT2D eigenvalue weighted by molar-refractivity contribution is 7.99. The second kappa shape index (κ2) is 18.2. The molecule has 202 valence electrons. The zero-order chi connectivity index (χ0) is 25.3. The number of thioether (sulfide) groups is 1. The highest BCUT2D eigenvalue weighted by Gasteiger charge is 2.13. The first kappa shape index (κ1) is 29.4. The number of ether oxygens (including phenoxy) is 4. The number of fused-ring (bicyclic) bond motifs is 1. The lowest BCUT2D eigenvalue weighted by molar-refractivity contribution is -0.168. The van der Waals surface area contributed by atoms with Crippen molar-refractivity contribution in [3.05, 3.63) is 47.5 Å². The van der Waals surface area contributed by atoms with Crippen LogP contribution in [-0.2, 0) is 31.8 Å². The molecular weight excluding hydrogens is 472 g/mol. The molecule has 1 fully saturated rings. The van der Waals surface area contributed by atoms with Crippen molar-refractivity contribution >= 4 is 22.5 Å². The van der Waals surface area contributed by atoms with Crippen LogP contribution in [0.5, 0.6) is 0 Å². The van der Waals surface area contributed by atoms with Crippen LogP contribution in [0.3, 0.4) is 0 Å². The van der Waals surface area contributed by atoms with E-state index in [0.717, 1.165) is 38.0 Å². The van der Waals surface area contributed by atoms with Gasteiger partial charge in [0.2, 0.25) is 0 Å². The van der Waals surface area contributed by atoms with Crippen molar-refractivity contribution in [2.75, 3.05) is 51.1 Å². The van der Waals surface area contributed by atoms with Gasteiger partial charge in [-0.15, -0.1) is 0 Å². The summed E-state index contributed by atoms with van der Waals surface area (Å²) in [6.45, 7) is 5.94. The lowest BCUT2D eigenvalue weighted by atomic mass is 10.00. The maximum Gasteiger partial charge on any atom is 0.157 e. The molecule has 6 heteroatoms. The SMILES string of the molecule is CCCCCc1ccc2cc(CCCOCC(O)CSCCOCCOC3CCCCO3)ccc2c1. The van der Waals surface area contributed by atoms with Gasteiger partial charge in [0.1, 0.15) is 0 Å². The Balaban J connectivity index is 1.17. The first-order valence-electron chi connectivity index (χ1n) is 13.9. The summed E-state index contributed by atoms with van der Waals surface area (Å²) >= 11 is 1.69. The van der Waals surface area contributed by atoms with E-state index < -0.39 is 6.10 Å². The van der Waals surface area contributed by atoms with E-state index in [4.69, 9.17) is 18.9 Å². The van der Waals surface area contributed by atoms with E-state index >= 15 is 0 Å². The number of aliphatic hydroxyl groups is 1. The average molecular weight is 519 g/mol. The summed E-state index contributed by atoms with van der Waals surface area (Å²) in [6, 6.07) is 13.7. The Morgan fingerprint density at radius 2 is 1.69 bits per heavy atom. The predicted molar refractivity (Wildman–Crippen MR) is 150 cm³/mol. The van der Waals surface area contributed by atoms with Crippen molar-refractivity contribution in [1.82, 2.24) is 0 Å². The fraction of sp³-hybridized carbons (Fsp3) is 0.667. The number of hydrogen-bond acceptors (Lipinski definition) is 6. The van der Waals surface area contributed by atoms with Crippen LogP contribution in [0.25, 0.3) is 10.8 Å². The number of benzene rings is 2. The van der Waals surface area contributed by atoms with E-state index in [1.54, 1.807) is 11.8 Å². The Kier molecular flexibility index (Phi) is 14.8. The molecule has 2 aromatic carbocycles. The van der Waals surface area contributed by atoms with Crippen LogP contribution in [0, 0.1) is 0 Å². The quantitative estimate of drug-likeness (QED) is 0.224. The smallest absolute Gasteiger partial charge is 0.157 e. The summed E-state index contributed by atoms with van der Waals surface area (Å²) in [6.07, 6.45) is 9.78. The van der Waals surface area contributed by atoms with Crippen molar-refractivity contribution in [2.45, 2.75) is 77.1 Å². The minimum absolute atomic E-state index is 0.0483. The predicted octanol–water partition coefficient (Wildman–Crippen LogP) is 6.18. The molecule has 0 bridgehead atoms.